The average Bonchev–Trinajstić information content (AvgIpc) is 2.70. The number of benzene rings is 2. The number of ether oxygens (including phenoxy) is 1. The Morgan fingerprint density at radius 3 is 2.72 bits per heavy atom. The van der Waals surface area contributed by atoms with Crippen LogP contribution < -0.4 is 15.6 Å². The number of fused-ring (bicyclic) bond motifs is 1. The Balaban J connectivity index is 1.93. The minimum Gasteiger partial charge on any atom is -0.496 e. The highest BCUT2D eigenvalue weighted by Gasteiger charge is 2.12. The first-order valence-corrected chi connectivity index (χ1v) is 9.98. The van der Waals surface area contributed by atoms with Crippen molar-refractivity contribution in [3.63, 3.8) is 0 Å². The summed E-state index contributed by atoms with van der Waals surface area (Å²) in [6.07, 6.45) is 0.912. The quantitative estimate of drug-likeness (QED) is 0.578. The molecule has 3 rings (SSSR count). The Morgan fingerprint density at radius 2 is 2.00 bits per heavy atom. The standard InChI is InChI=1S/C22H25N3O3S/c1-14(2)10-11-23-20(26)15-8-9-17-18(12-15)24-22(29)25(21(17)27)13-16-6-4-5-7-19(16)28-3/h4-9,12,14H,10-11,13H2,1-3H3,(H,23,26)(H,24,29). The Morgan fingerprint density at radius 1 is 1.24 bits per heavy atom. The summed E-state index contributed by atoms with van der Waals surface area (Å²) in [7, 11) is 1.59. The maximum Gasteiger partial charge on any atom is 0.262 e. The maximum atomic E-state index is 13.0. The number of aromatic amines is 1. The molecular formula is C22H25N3O3S. The molecule has 0 fully saturated rings. The lowest BCUT2D eigenvalue weighted by Crippen LogP contribution is -2.26. The van der Waals surface area contributed by atoms with Crippen molar-refractivity contribution in [3.8, 4) is 5.75 Å². The zero-order valence-corrected chi connectivity index (χ0v) is 17.6. The van der Waals surface area contributed by atoms with Crippen molar-refractivity contribution >= 4 is 29.0 Å². The van der Waals surface area contributed by atoms with Crippen molar-refractivity contribution < 1.29 is 9.53 Å². The van der Waals surface area contributed by atoms with Gasteiger partial charge in [-0.25, -0.2) is 0 Å². The van der Waals surface area contributed by atoms with E-state index >= 15 is 0 Å². The van der Waals surface area contributed by atoms with E-state index in [1.54, 1.807) is 25.3 Å². The van der Waals surface area contributed by atoms with Crippen LogP contribution in [0.2, 0.25) is 0 Å². The third-order valence-corrected chi connectivity index (χ3v) is 5.09. The van der Waals surface area contributed by atoms with Gasteiger partial charge in [0.15, 0.2) is 4.77 Å². The molecule has 0 saturated heterocycles. The minimum absolute atomic E-state index is 0.162. The molecule has 0 aliphatic heterocycles. The van der Waals surface area contributed by atoms with E-state index < -0.39 is 0 Å². The fraction of sp³-hybridized carbons (Fsp3) is 0.318. The van der Waals surface area contributed by atoms with Gasteiger partial charge in [0.2, 0.25) is 0 Å². The van der Waals surface area contributed by atoms with Gasteiger partial charge in [0.25, 0.3) is 11.5 Å². The highest BCUT2D eigenvalue weighted by Crippen LogP contribution is 2.19. The summed E-state index contributed by atoms with van der Waals surface area (Å²) in [5.41, 5.74) is 1.69. The van der Waals surface area contributed by atoms with Gasteiger partial charge in [-0.2, -0.15) is 0 Å². The van der Waals surface area contributed by atoms with E-state index in [1.165, 1.54) is 4.57 Å². The van der Waals surface area contributed by atoms with E-state index in [1.807, 2.05) is 24.3 Å². The lowest BCUT2D eigenvalue weighted by atomic mass is 10.1. The number of aromatic nitrogens is 2. The van der Waals surface area contributed by atoms with E-state index in [0.717, 1.165) is 12.0 Å². The van der Waals surface area contributed by atoms with Crippen LogP contribution in [0, 0.1) is 10.7 Å². The minimum atomic E-state index is -0.207. The number of methoxy groups -OCH3 is 1. The number of H-pyrrole nitrogens is 1. The van der Waals surface area contributed by atoms with Gasteiger partial charge in [0.05, 0.1) is 24.6 Å². The van der Waals surface area contributed by atoms with Crippen LogP contribution in [0.4, 0.5) is 0 Å². The van der Waals surface area contributed by atoms with Gasteiger partial charge in [-0.3, -0.25) is 14.2 Å². The van der Waals surface area contributed by atoms with Crippen molar-refractivity contribution in [1.29, 1.82) is 0 Å². The van der Waals surface area contributed by atoms with Gasteiger partial charge in [0, 0.05) is 17.7 Å². The summed E-state index contributed by atoms with van der Waals surface area (Å²) in [6.45, 7) is 5.13. The predicted octanol–water partition coefficient (Wildman–Crippen LogP) is 3.89. The summed E-state index contributed by atoms with van der Waals surface area (Å²) in [6, 6.07) is 12.5. The molecule has 0 saturated carbocycles. The molecule has 152 valence electrons. The second-order valence-corrected chi connectivity index (χ2v) is 7.72. The number of rotatable bonds is 7. The molecule has 0 spiro atoms. The number of hydrogen-bond donors (Lipinski definition) is 2. The molecule has 3 aromatic rings. The fourth-order valence-corrected chi connectivity index (χ4v) is 3.38. The molecule has 6 nitrogen and oxygen atoms in total. The topological polar surface area (TPSA) is 76.1 Å². The molecule has 1 heterocycles. The van der Waals surface area contributed by atoms with Gasteiger partial charge in [-0.1, -0.05) is 32.0 Å². The second kappa shape index (κ2) is 9.05. The molecule has 2 aromatic carbocycles. The summed E-state index contributed by atoms with van der Waals surface area (Å²) < 4.78 is 7.16. The third kappa shape index (κ3) is 4.74. The lowest BCUT2D eigenvalue weighted by molar-refractivity contribution is 0.0952. The number of nitrogens with zero attached hydrogens (tertiary/aromatic N) is 1. The van der Waals surface area contributed by atoms with Crippen molar-refractivity contribution in [2.45, 2.75) is 26.8 Å². The Hall–Kier alpha value is -2.93. The molecule has 0 aliphatic carbocycles. The van der Waals surface area contributed by atoms with Crippen LogP contribution in [0.15, 0.2) is 47.3 Å². The molecule has 0 atom stereocenters. The van der Waals surface area contributed by atoms with Crippen LogP contribution in [0.5, 0.6) is 5.75 Å². The summed E-state index contributed by atoms with van der Waals surface area (Å²) in [5.74, 6) is 1.05. The van der Waals surface area contributed by atoms with E-state index in [9.17, 15) is 9.59 Å². The monoisotopic (exact) mass is 411 g/mol. The number of nitrogens with one attached hydrogen (secondary N) is 2. The molecule has 0 unspecified atom stereocenters. The van der Waals surface area contributed by atoms with Gasteiger partial charge in [-0.05, 0) is 48.8 Å². The van der Waals surface area contributed by atoms with Crippen molar-refractivity contribution in [2.75, 3.05) is 13.7 Å². The molecule has 2 N–H and O–H groups in total. The van der Waals surface area contributed by atoms with Crippen LogP contribution in [-0.4, -0.2) is 29.1 Å². The zero-order valence-electron chi connectivity index (χ0n) is 16.8. The van der Waals surface area contributed by atoms with E-state index in [2.05, 4.69) is 24.1 Å². The largest absolute Gasteiger partial charge is 0.496 e. The molecule has 0 radical (unpaired) electrons. The molecule has 0 aliphatic rings. The molecule has 7 heteroatoms. The number of hydrogen-bond acceptors (Lipinski definition) is 4. The summed E-state index contributed by atoms with van der Waals surface area (Å²) in [4.78, 5) is 28.5. The third-order valence-electron chi connectivity index (χ3n) is 4.77. The van der Waals surface area contributed by atoms with Crippen LogP contribution in [0.25, 0.3) is 10.9 Å². The number of carbonyl (C=O) groups excluding carboxylic acids is 1. The van der Waals surface area contributed by atoms with Crippen molar-refractivity contribution in [2.24, 2.45) is 5.92 Å². The lowest BCUT2D eigenvalue weighted by Gasteiger charge is -2.12. The first-order chi connectivity index (χ1) is 13.9. The molecular weight excluding hydrogens is 386 g/mol. The molecule has 1 amide bonds. The number of carbonyl (C=O) groups is 1. The number of amides is 1. The van der Waals surface area contributed by atoms with E-state index in [4.69, 9.17) is 17.0 Å². The SMILES string of the molecule is COc1ccccc1Cn1c(=S)[nH]c2cc(C(=O)NCCC(C)C)ccc2c1=O. The molecule has 29 heavy (non-hydrogen) atoms. The smallest absolute Gasteiger partial charge is 0.262 e. The summed E-state index contributed by atoms with van der Waals surface area (Å²) in [5, 5.41) is 3.38. The first-order valence-electron chi connectivity index (χ1n) is 9.57. The van der Waals surface area contributed by atoms with Crippen LogP contribution in [0.3, 0.4) is 0 Å². The normalized spacial score (nSPS) is 11.0. The highest BCUT2D eigenvalue weighted by molar-refractivity contribution is 7.71. The van der Waals surface area contributed by atoms with Gasteiger partial charge in [-0.15, -0.1) is 0 Å². The van der Waals surface area contributed by atoms with Crippen LogP contribution in [0.1, 0.15) is 36.2 Å². The van der Waals surface area contributed by atoms with E-state index in [-0.39, 0.29) is 11.5 Å². The van der Waals surface area contributed by atoms with Crippen molar-refractivity contribution in [1.82, 2.24) is 14.9 Å². The average molecular weight is 412 g/mol. The molecule has 1 aromatic heterocycles. The van der Waals surface area contributed by atoms with Crippen LogP contribution in [-0.2, 0) is 6.54 Å². The predicted molar refractivity (Wildman–Crippen MR) is 117 cm³/mol. The van der Waals surface area contributed by atoms with Crippen LogP contribution >= 0.6 is 12.2 Å². The maximum absolute atomic E-state index is 13.0. The number of para-hydroxylation sites is 1. The van der Waals surface area contributed by atoms with Gasteiger partial charge < -0.3 is 15.0 Å². The Kier molecular flexibility index (Phi) is 6.49. The first kappa shape index (κ1) is 20.8. The van der Waals surface area contributed by atoms with Gasteiger partial charge >= 0.3 is 0 Å². The van der Waals surface area contributed by atoms with E-state index in [0.29, 0.717) is 46.0 Å². The Bertz CT molecular complexity index is 1150. The second-order valence-electron chi connectivity index (χ2n) is 7.33. The highest BCUT2D eigenvalue weighted by atomic mass is 32.1. The van der Waals surface area contributed by atoms with Gasteiger partial charge in [0.1, 0.15) is 5.75 Å². The summed E-state index contributed by atoms with van der Waals surface area (Å²) >= 11 is 5.42. The van der Waals surface area contributed by atoms with Crippen molar-refractivity contribution in [3.05, 3.63) is 68.7 Å². The Labute approximate surface area is 174 Å². The zero-order chi connectivity index (χ0) is 21.0. The fourth-order valence-electron chi connectivity index (χ4n) is 3.12. The molecule has 0 bridgehead atoms.